The van der Waals surface area contributed by atoms with Gasteiger partial charge in [0, 0.05) is 47.1 Å². The minimum Gasteiger partial charge on any atom is -0.354 e. The summed E-state index contributed by atoms with van der Waals surface area (Å²) >= 11 is 0. The molecular formula is C29H35N5O. The fourth-order valence-corrected chi connectivity index (χ4v) is 5.54. The van der Waals surface area contributed by atoms with Crippen LogP contribution in [0.4, 0.5) is 0 Å². The van der Waals surface area contributed by atoms with Crippen molar-refractivity contribution in [1.29, 1.82) is 0 Å². The van der Waals surface area contributed by atoms with Gasteiger partial charge in [0.1, 0.15) is 6.54 Å². The lowest BCUT2D eigenvalue weighted by Crippen LogP contribution is -2.39. The molecule has 1 aromatic carbocycles. The number of carbonyl (C=O) groups is 1. The summed E-state index contributed by atoms with van der Waals surface area (Å²) in [6.45, 7) is 12.5. The molecule has 4 aromatic rings. The first kappa shape index (κ1) is 23.3. The molecule has 3 aromatic heterocycles. The number of fused-ring (bicyclic) bond motifs is 1. The predicted molar refractivity (Wildman–Crippen MR) is 141 cm³/mol. The van der Waals surface area contributed by atoms with Crippen molar-refractivity contribution in [3.63, 3.8) is 0 Å². The number of pyridine rings is 1. The van der Waals surface area contributed by atoms with Crippen LogP contribution in [-0.4, -0.2) is 43.6 Å². The second-order valence-corrected chi connectivity index (χ2v) is 10.3. The van der Waals surface area contributed by atoms with Crippen molar-refractivity contribution < 1.29 is 4.79 Å². The summed E-state index contributed by atoms with van der Waals surface area (Å²) < 4.78 is 1.74. The number of nitrogens with zero attached hydrogens (tertiary/aromatic N) is 4. The van der Waals surface area contributed by atoms with Gasteiger partial charge in [-0.2, -0.15) is 5.10 Å². The van der Waals surface area contributed by atoms with Crippen LogP contribution in [0.5, 0.6) is 0 Å². The molecular weight excluding hydrogens is 434 g/mol. The summed E-state index contributed by atoms with van der Waals surface area (Å²) in [5.41, 5.74) is 9.36. The summed E-state index contributed by atoms with van der Waals surface area (Å²) in [6.07, 6.45) is 3.86. The molecule has 4 heterocycles. The summed E-state index contributed by atoms with van der Waals surface area (Å²) in [5, 5.41) is 5.67. The molecule has 0 aliphatic carbocycles. The molecule has 0 unspecified atom stereocenters. The first-order valence-electron chi connectivity index (χ1n) is 12.7. The van der Waals surface area contributed by atoms with Gasteiger partial charge in [-0.1, -0.05) is 19.9 Å². The molecule has 0 radical (unpaired) electrons. The fraction of sp³-hybridized carbons (Fsp3) is 0.414. The van der Waals surface area contributed by atoms with Crippen LogP contribution in [-0.2, 0) is 11.3 Å². The van der Waals surface area contributed by atoms with Gasteiger partial charge in [0.25, 0.3) is 0 Å². The Balaban J connectivity index is 1.37. The maximum absolute atomic E-state index is 12.8. The second-order valence-electron chi connectivity index (χ2n) is 10.3. The predicted octanol–water partition coefficient (Wildman–Crippen LogP) is 5.88. The van der Waals surface area contributed by atoms with Crippen molar-refractivity contribution in [3.8, 4) is 11.3 Å². The molecule has 6 heteroatoms. The number of benzene rings is 1. The van der Waals surface area contributed by atoms with Crippen molar-refractivity contribution in [2.75, 3.05) is 13.1 Å². The van der Waals surface area contributed by atoms with E-state index in [0.29, 0.717) is 18.4 Å². The molecule has 182 valence electrons. The Morgan fingerprint density at radius 2 is 1.74 bits per heavy atom. The van der Waals surface area contributed by atoms with Crippen molar-refractivity contribution in [1.82, 2.24) is 24.6 Å². The number of piperidine rings is 1. The first-order valence-corrected chi connectivity index (χ1v) is 12.7. The van der Waals surface area contributed by atoms with Gasteiger partial charge in [0.2, 0.25) is 5.91 Å². The number of amides is 1. The van der Waals surface area contributed by atoms with Gasteiger partial charge in [0.15, 0.2) is 0 Å². The van der Waals surface area contributed by atoms with E-state index in [1.807, 2.05) is 24.1 Å². The third kappa shape index (κ3) is 4.75. The van der Waals surface area contributed by atoms with E-state index in [1.54, 1.807) is 4.68 Å². The highest BCUT2D eigenvalue weighted by atomic mass is 16.2. The zero-order chi connectivity index (χ0) is 24.7. The van der Waals surface area contributed by atoms with Crippen LogP contribution >= 0.6 is 0 Å². The molecule has 1 amide bonds. The van der Waals surface area contributed by atoms with Crippen molar-refractivity contribution in [3.05, 3.63) is 70.8 Å². The molecule has 1 aliphatic heterocycles. The average Bonchev–Trinajstić information content (AvgIpc) is 3.41. The lowest BCUT2D eigenvalue weighted by atomic mass is 9.87. The Hall–Kier alpha value is -3.41. The highest BCUT2D eigenvalue weighted by molar-refractivity contribution is 5.92. The molecule has 1 N–H and O–H groups in total. The zero-order valence-corrected chi connectivity index (χ0v) is 21.4. The Labute approximate surface area is 207 Å². The van der Waals surface area contributed by atoms with E-state index in [0.717, 1.165) is 43.0 Å². The lowest BCUT2D eigenvalue weighted by Gasteiger charge is -2.32. The van der Waals surface area contributed by atoms with E-state index >= 15 is 0 Å². The van der Waals surface area contributed by atoms with Crippen LogP contribution < -0.4 is 0 Å². The van der Waals surface area contributed by atoms with E-state index < -0.39 is 0 Å². The topological polar surface area (TPSA) is 66.8 Å². The van der Waals surface area contributed by atoms with Crippen LogP contribution in [0.1, 0.15) is 66.7 Å². The fourth-order valence-electron chi connectivity index (χ4n) is 5.54. The lowest BCUT2D eigenvalue weighted by molar-refractivity contribution is -0.133. The van der Waals surface area contributed by atoms with Crippen LogP contribution in [0, 0.1) is 20.8 Å². The van der Waals surface area contributed by atoms with Gasteiger partial charge in [0.05, 0.1) is 11.4 Å². The molecule has 0 bridgehead atoms. The van der Waals surface area contributed by atoms with E-state index in [9.17, 15) is 4.79 Å². The van der Waals surface area contributed by atoms with Crippen molar-refractivity contribution in [2.24, 2.45) is 0 Å². The SMILES string of the molecule is Cc1cc(-c2[nH]c3ccc(C4CCN(C(=O)Cn5ccc(C)n5)CC4)cc3c2C(C)C)cc(C)n1. The summed E-state index contributed by atoms with van der Waals surface area (Å²) in [4.78, 5) is 23.0. The third-order valence-electron chi connectivity index (χ3n) is 7.20. The van der Waals surface area contributed by atoms with Gasteiger partial charge in [-0.3, -0.25) is 14.5 Å². The molecule has 6 nitrogen and oxygen atoms in total. The monoisotopic (exact) mass is 469 g/mol. The quantitative estimate of drug-likeness (QED) is 0.397. The maximum atomic E-state index is 12.8. The van der Waals surface area contributed by atoms with Gasteiger partial charge in [-0.15, -0.1) is 0 Å². The molecule has 0 spiro atoms. The highest BCUT2D eigenvalue weighted by Gasteiger charge is 2.25. The largest absolute Gasteiger partial charge is 0.354 e. The summed E-state index contributed by atoms with van der Waals surface area (Å²) in [6, 6.07) is 13.2. The minimum absolute atomic E-state index is 0.155. The number of rotatable bonds is 5. The van der Waals surface area contributed by atoms with Crippen LogP contribution in [0.2, 0.25) is 0 Å². The van der Waals surface area contributed by atoms with E-state index in [1.165, 1.54) is 33.3 Å². The average molecular weight is 470 g/mol. The number of aryl methyl sites for hydroxylation is 3. The summed E-state index contributed by atoms with van der Waals surface area (Å²) in [5.74, 6) is 1.02. The van der Waals surface area contributed by atoms with Gasteiger partial charge in [-0.25, -0.2) is 0 Å². The van der Waals surface area contributed by atoms with Crippen LogP contribution in [0.25, 0.3) is 22.2 Å². The molecule has 0 saturated carbocycles. The molecule has 0 atom stereocenters. The van der Waals surface area contributed by atoms with Crippen LogP contribution in [0.3, 0.4) is 0 Å². The van der Waals surface area contributed by atoms with E-state index in [4.69, 9.17) is 0 Å². The smallest absolute Gasteiger partial charge is 0.244 e. The third-order valence-corrected chi connectivity index (χ3v) is 7.20. The Morgan fingerprint density at radius 3 is 2.37 bits per heavy atom. The number of likely N-dealkylation sites (tertiary alicyclic amines) is 1. The second kappa shape index (κ2) is 9.33. The molecule has 1 aliphatic rings. The number of hydrogen-bond acceptors (Lipinski definition) is 3. The molecule has 1 saturated heterocycles. The Bertz CT molecular complexity index is 1350. The van der Waals surface area contributed by atoms with E-state index in [2.05, 4.69) is 73.1 Å². The summed E-state index contributed by atoms with van der Waals surface area (Å²) in [7, 11) is 0. The number of nitrogens with one attached hydrogen (secondary N) is 1. The Morgan fingerprint density at radius 1 is 1.03 bits per heavy atom. The molecule has 5 rings (SSSR count). The maximum Gasteiger partial charge on any atom is 0.244 e. The van der Waals surface area contributed by atoms with E-state index in [-0.39, 0.29) is 5.91 Å². The van der Waals surface area contributed by atoms with Crippen molar-refractivity contribution >= 4 is 16.8 Å². The van der Waals surface area contributed by atoms with Crippen LogP contribution in [0.15, 0.2) is 42.6 Å². The first-order chi connectivity index (χ1) is 16.8. The van der Waals surface area contributed by atoms with Gasteiger partial charge < -0.3 is 9.88 Å². The Kier molecular flexibility index (Phi) is 6.22. The van der Waals surface area contributed by atoms with Gasteiger partial charge in [-0.05, 0) is 86.9 Å². The standard InChI is InChI=1S/C29H35N5O/c1-18(2)28-25-16-23(6-7-26(25)31-29(28)24-14-20(4)30-21(5)15-24)22-9-11-33(12-10-22)27(35)17-34-13-8-19(3)32-34/h6-8,13-16,18,22,31H,9-12,17H2,1-5H3. The minimum atomic E-state index is 0.155. The highest BCUT2D eigenvalue weighted by Crippen LogP contribution is 2.38. The van der Waals surface area contributed by atoms with Crippen molar-refractivity contribution in [2.45, 2.75) is 65.8 Å². The van der Waals surface area contributed by atoms with Gasteiger partial charge >= 0.3 is 0 Å². The normalized spacial score (nSPS) is 14.9. The zero-order valence-electron chi connectivity index (χ0n) is 21.4. The number of aromatic amines is 1. The molecule has 1 fully saturated rings. The number of hydrogen-bond donors (Lipinski definition) is 1. The number of H-pyrrole nitrogens is 1. The number of aromatic nitrogens is 4. The number of carbonyl (C=O) groups excluding carboxylic acids is 1. The molecule has 35 heavy (non-hydrogen) atoms.